The molecule has 0 fully saturated rings. The van der Waals surface area contributed by atoms with Gasteiger partial charge in [0.2, 0.25) is 0 Å². The summed E-state index contributed by atoms with van der Waals surface area (Å²) in [7, 11) is 8.11. The highest BCUT2D eigenvalue weighted by Crippen LogP contribution is 2.26. The number of aryl methyl sites for hydroxylation is 1. The molecule has 0 saturated heterocycles. The first-order valence-corrected chi connectivity index (χ1v) is 13.7. The first-order valence-electron chi connectivity index (χ1n) is 12.4. The van der Waals surface area contributed by atoms with Crippen molar-refractivity contribution in [2.24, 2.45) is 0 Å². The maximum atomic E-state index is 12.6. The number of nitrogens with zero attached hydrogens (tertiary/aromatic N) is 4. The number of imidazole rings is 1. The lowest BCUT2D eigenvalue weighted by molar-refractivity contribution is -0.898. The van der Waals surface area contributed by atoms with Crippen molar-refractivity contribution in [1.82, 2.24) is 15.0 Å². The third-order valence-electron chi connectivity index (χ3n) is 6.66. The summed E-state index contributed by atoms with van der Waals surface area (Å²) in [4.78, 5) is 13.1. The Morgan fingerprint density at radius 2 is 1.74 bits per heavy atom. The fraction of sp³-hybridized carbons (Fsp3) is 0.379. The zero-order chi connectivity index (χ0) is 28.0. The Labute approximate surface area is 227 Å². The predicted molar refractivity (Wildman–Crippen MR) is 151 cm³/mol. The molecular formula is C29H38N4O4S. The number of rotatable bonds is 8. The minimum Gasteiger partial charge on any atom is -0.497 e. The molecule has 4 rings (SSSR count). The SMILES string of the molecule is COc1ccc2[n-]c([S@@](=O)Cc3ncc(C)c(OC)c3C)nc2c1.C[C@@H]([C@H](O)c1ccccc1)[N+](C)(C)C. The van der Waals surface area contributed by atoms with Gasteiger partial charge in [-0.15, -0.1) is 0 Å². The number of ether oxygens (including phenoxy) is 2. The number of quaternary nitrogens is 1. The van der Waals surface area contributed by atoms with E-state index in [9.17, 15) is 9.32 Å². The van der Waals surface area contributed by atoms with Crippen LogP contribution in [0.3, 0.4) is 0 Å². The van der Waals surface area contributed by atoms with Gasteiger partial charge >= 0.3 is 0 Å². The van der Waals surface area contributed by atoms with Crippen LogP contribution in [0.5, 0.6) is 11.5 Å². The Hall–Kier alpha value is -3.27. The molecule has 2 aromatic carbocycles. The molecule has 8 nitrogen and oxygen atoms in total. The van der Waals surface area contributed by atoms with Crippen LogP contribution < -0.4 is 14.5 Å². The molecule has 0 aliphatic rings. The van der Waals surface area contributed by atoms with E-state index in [-0.39, 0.29) is 11.8 Å². The number of benzene rings is 2. The zero-order valence-corrected chi connectivity index (χ0v) is 24.2. The maximum Gasteiger partial charge on any atom is 0.130 e. The second kappa shape index (κ2) is 12.5. The molecule has 0 unspecified atom stereocenters. The number of aromatic nitrogens is 3. The van der Waals surface area contributed by atoms with Gasteiger partial charge in [-0.05, 0) is 49.5 Å². The van der Waals surface area contributed by atoms with Gasteiger partial charge in [0.15, 0.2) is 0 Å². The molecule has 0 aliphatic carbocycles. The van der Waals surface area contributed by atoms with Gasteiger partial charge in [0.25, 0.3) is 0 Å². The molecule has 0 aliphatic heterocycles. The lowest BCUT2D eigenvalue weighted by Gasteiger charge is -2.34. The quantitative estimate of drug-likeness (QED) is 0.333. The van der Waals surface area contributed by atoms with Crippen molar-refractivity contribution in [3.8, 4) is 11.5 Å². The van der Waals surface area contributed by atoms with Gasteiger partial charge < -0.3 is 29.0 Å². The van der Waals surface area contributed by atoms with Crippen LogP contribution in [0, 0.1) is 13.8 Å². The summed E-state index contributed by atoms with van der Waals surface area (Å²) in [5.74, 6) is 1.71. The summed E-state index contributed by atoms with van der Waals surface area (Å²) in [6.45, 7) is 5.91. The van der Waals surface area contributed by atoms with Gasteiger partial charge in [0, 0.05) is 22.5 Å². The highest BCUT2D eigenvalue weighted by atomic mass is 32.2. The van der Waals surface area contributed by atoms with E-state index in [2.05, 4.69) is 43.0 Å². The molecule has 2 heterocycles. The molecule has 38 heavy (non-hydrogen) atoms. The van der Waals surface area contributed by atoms with Crippen LogP contribution >= 0.6 is 0 Å². The molecule has 204 valence electrons. The fourth-order valence-electron chi connectivity index (χ4n) is 3.90. The van der Waals surface area contributed by atoms with Crippen LogP contribution in [0.2, 0.25) is 0 Å². The molecule has 0 radical (unpaired) electrons. The van der Waals surface area contributed by atoms with Crippen molar-refractivity contribution < 1.29 is 23.3 Å². The number of methoxy groups -OCH3 is 2. The predicted octanol–water partition coefficient (Wildman–Crippen LogP) is 4.34. The molecule has 3 atom stereocenters. The van der Waals surface area contributed by atoms with Crippen LogP contribution in [0.4, 0.5) is 0 Å². The monoisotopic (exact) mass is 538 g/mol. The molecule has 0 amide bonds. The molecule has 0 spiro atoms. The van der Waals surface area contributed by atoms with Crippen molar-refractivity contribution in [3.63, 3.8) is 0 Å². The Balaban J connectivity index is 0.000000244. The molecule has 0 bridgehead atoms. The summed E-state index contributed by atoms with van der Waals surface area (Å²) in [5, 5.41) is 10.4. The minimum atomic E-state index is -1.38. The highest BCUT2D eigenvalue weighted by Gasteiger charge is 2.27. The summed E-state index contributed by atoms with van der Waals surface area (Å²) in [6.07, 6.45) is 1.34. The zero-order valence-electron chi connectivity index (χ0n) is 23.4. The topological polar surface area (TPSA) is 95.6 Å². The number of hydrogen-bond acceptors (Lipinski definition) is 6. The van der Waals surface area contributed by atoms with Crippen LogP contribution in [-0.4, -0.2) is 65.2 Å². The Kier molecular flexibility index (Phi) is 9.65. The van der Waals surface area contributed by atoms with E-state index >= 15 is 0 Å². The lowest BCUT2D eigenvalue weighted by atomic mass is 10.0. The first kappa shape index (κ1) is 29.3. The molecule has 4 aromatic rings. The standard InChI is InChI=1S/C17H18N3O3S.C12H20NO/c1-10-8-18-15(11(2)16(10)23-4)9-24(21)17-19-13-6-5-12(22-3)7-14(13)20-17;1-10(13(2,3)4)12(14)11-8-6-5-7-9-11/h5-8H,9H2,1-4H3;5-10,12,14H,1-4H3/q-1;+1/t24-;10-,12-/m00/s1. The average molecular weight is 539 g/mol. The van der Waals surface area contributed by atoms with Crippen LogP contribution in [-0.2, 0) is 16.6 Å². The van der Waals surface area contributed by atoms with Crippen molar-refractivity contribution in [3.05, 3.63) is 77.1 Å². The smallest absolute Gasteiger partial charge is 0.130 e. The minimum absolute atomic E-state index is 0.192. The molecule has 1 N–H and O–H groups in total. The summed E-state index contributed by atoms with van der Waals surface area (Å²) in [6, 6.07) is 15.4. The second-order valence-electron chi connectivity index (χ2n) is 10.1. The summed E-state index contributed by atoms with van der Waals surface area (Å²) < 4.78 is 24.0. The van der Waals surface area contributed by atoms with Crippen molar-refractivity contribution in [1.29, 1.82) is 0 Å². The van der Waals surface area contributed by atoms with Crippen molar-refractivity contribution >= 4 is 21.8 Å². The molecule has 2 aromatic heterocycles. The van der Waals surface area contributed by atoms with Crippen molar-refractivity contribution in [2.45, 2.75) is 43.8 Å². The third kappa shape index (κ3) is 6.98. The average Bonchev–Trinajstić information content (AvgIpc) is 3.33. The van der Waals surface area contributed by atoms with Gasteiger partial charge in [-0.1, -0.05) is 36.4 Å². The van der Waals surface area contributed by atoms with Gasteiger partial charge in [-0.2, -0.15) is 0 Å². The van der Waals surface area contributed by atoms with Gasteiger partial charge in [0.1, 0.15) is 23.6 Å². The Bertz CT molecular complexity index is 1380. The van der Waals surface area contributed by atoms with Crippen LogP contribution in [0.1, 0.15) is 35.4 Å². The first-order chi connectivity index (χ1) is 18.0. The summed E-state index contributed by atoms with van der Waals surface area (Å²) >= 11 is 0. The van der Waals surface area contributed by atoms with Crippen molar-refractivity contribution in [2.75, 3.05) is 35.4 Å². The van der Waals surface area contributed by atoms with E-state index in [0.717, 1.165) is 32.6 Å². The van der Waals surface area contributed by atoms with Crippen LogP contribution in [0.25, 0.3) is 11.0 Å². The number of aliphatic hydroxyl groups excluding tert-OH is 1. The maximum absolute atomic E-state index is 12.6. The Morgan fingerprint density at radius 1 is 1.05 bits per heavy atom. The molecule has 9 heteroatoms. The van der Waals surface area contributed by atoms with Crippen LogP contribution in [0.15, 0.2) is 59.9 Å². The van der Waals surface area contributed by atoms with E-state index in [0.29, 0.717) is 21.9 Å². The third-order valence-corrected chi connectivity index (χ3v) is 7.78. The highest BCUT2D eigenvalue weighted by molar-refractivity contribution is 7.84. The van der Waals surface area contributed by atoms with E-state index in [1.165, 1.54) is 0 Å². The van der Waals surface area contributed by atoms with Gasteiger partial charge in [-0.25, -0.2) is 0 Å². The number of aliphatic hydroxyl groups is 1. The Morgan fingerprint density at radius 3 is 2.34 bits per heavy atom. The number of hydrogen-bond donors (Lipinski definition) is 1. The lowest BCUT2D eigenvalue weighted by Crippen LogP contribution is -2.46. The fourth-order valence-corrected chi connectivity index (χ4v) is 4.97. The number of pyridine rings is 1. The number of fused-ring (bicyclic) bond motifs is 1. The van der Waals surface area contributed by atoms with E-state index in [1.54, 1.807) is 38.6 Å². The van der Waals surface area contributed by atoms with Gasteiger partial charge in [-0.3, -0.25) is 9.19 Å². The van der Waals surface area contributed by atoms with E-state index in [1.807, 2.05) is 44.2 Å². The molecular weight excluding hydrogens is 500 g/mol. The van der Waals surface area contributed by atoms with E-state index in [4.69, 9.17) is 9.47 Å². The largest absolute Gasteiger partial charge is 0.497 e. The molecule has 0 saturated carbocycles. The summed E-state index contributed by atoms with van der Waals surface area (Å²) in [5.41, 5.74) is 4.93. The number of likely N-dealkylation sites (N-methyl/N-ethyl adjacent to an activating group) is 1. The van der Waals surface area contributed by atoms with Gasteiger partial charge in [0.05, 0.1) is 57.6 Å². The second-order valence-corrected chi connectivity index (χ2v) is 11.5. The normalized spacial score (nSPS) is 13.8. The van der Waals surface area contributed by atoms with E-state index < -0.39 is 16.9 Å².